The Hall–Kier alpha value is -1.82. The molecule has 0 aliphatic carbocycles. The largest absolute Gasteiger partial charge is 0.411 e. The molecule has 134 valence electrons. The van der Waals surface area contributed by atoms with Crippen LogP contribution in [0.3, 0.4) is 0 Å². The van der Waals surface area contributed by atoms with E-state index in [1.54, 1.807) is 0 Å². The fourth-order valence-corrected chi connectivity index (χ4v) is 3.65. The number of likely N-dealkylation sites (tertiary alicyclic amines) is 1. The van der Waals surface area contributed by atoms with E-state index in [-0.39, 0.29) is 16.6 Å². The Kier molecular flexibility index (Phi) is 5.18. The minimum absolute atomic E-state index is 0.111. The van der Waals surface area contributed by atoms with Crippen molar-refractivity contribution in [3.05, 3.63) is 29.8 Å². The maximum atomic E-state index is 12.4. The standard InChI is InChI=1S/C19H25N3O2S/c1-13(17(23)22-11-5-6-12-22)25-18-21-20-16(24-18)14-7-9-15(10-8-14)19(2,3)4/h7-10,13H,5-6,11-12H2,1-4H3. The Morgan fingerprint density at radius 3 is 2.40 bits per heavy atom. The molecule has 0 bridgehead atoms. The van der Waals surface area contributed by atoms with E-state index in [0.29, 0.717) is 11.1 Å². The van der Waals surface area contributed by atoms with Gasteiger partial charge in [0.25, 0.3) is 5.22 Å². The van der Waals surface area contributed by atoms with Crippen molar-refractivity contribution in [1.82, 2.24) is 15.1 Å². The van der Waals surface area contributed by atoms with Gasteiger partial charge >= 0.3 is 0 Å². The van der Waals surface area contributed by atoms with Crippen LogP contribution in [0.5, 0.6) is 0 Å². The number of carbonyl (C=O) groups excluding carboxylic acids is 1. The quantitative estimate of drug-likeness (QED) is 0.768. The summed E-state index contributed by atoms with van der Waals surface area (Å²) in [6.45, 7) is 10.2. The average Bonchev–Trinajstić information content (AvgIpc) is 3.25. The van der Waals surface area contributed by atoms with Gasteiger partial charge in [0.05, 0.1) is 5.25 Å². The van der Waals surface area contributed by atoms with Crippen LogP contribution in [0.25, 0.3) is 11.5 Å². The SMILES string of the molecule is CC(Sc1nnc(-c2ccc(C(C)(C)C)cc2)o1)C(=O)N1CCCC1. The maximum Gasteiger partial charge on any atom is 0.277 e. The number of thioether (sulfide) groups is 1. The fraction of sp³-hybridized carbons (Fsp3) is 0.526. The molecule has 1 fully saturated rings. The molecule has 5 nitrogen and oxygen atoms in total. The van der Waals surface area contributed by atoms with Crippen LogP contribution in [0.2, 0.25) is 0 Å². The Bertz CT molecular complexity index is 728. The van der Waals surface area contributed by atoms with Gasteiger partial charge < -0.3 is 9.32 Å². The topological polar surface area (TPSA) is 59.2 Å². The number of hydrogen-bond donors (Lipinski definition) is 0. The highest BCUT2D eigenvalue weighted by molar-refractivity contribution is 8.00. The van der Waals surface area contributed by atoms with Gasteiger partial charge in [0, 0.05) is 18.7 Å². The highest BCUT2D eigenvalue weighted by Gasteiger charge is 2.25. The van der Waals surface area contributed by atoms with Gasteiger partial charge in [-0.3, -0.25) is 4.79 Å². The number of carbonyl (C=O) groups is 1. The third kappa shape index (κ3) is 4.24. The Morgan fingerprint density at radius 2 is 1.80 bits per heavy atom. The number of aromatic nitrogens is 2. The van der Waals surface area contributed by atoms with Crippen LogP contribution < -0.4 is 0 Å². The molecule has 1 aromatic carbocycles. The molecule has 25 heavy (non-hydrogen) atoms. The van der Waals surface area contributed by atoms with Crippen LogP contribution in [0.4, 0.5) is 0 Å². The fourth-order valence-electron chi connectivity index (χ4n) is 2.88. The predicted octanol–water partition coefficient (Wildman–Crippen LogP) is 4.14. The average molecular weight is 359 g/mol. The van der Waals surface area contributed by atoms with Crippen molar-refractivity contribution in [3.63, 3.8) is 0 Å². The molecule has 1 aromatic heterocycles. The summed E-state index contributed by atoms with van der Waals surface area (Å²) in [6.07, 6.45) is 2.19. The van der Waals surface area contributed by atoms with Gasteiger partial charge in [0.15, 0.2) is 0 Å². The van der Waals surface area contributed by atoms with Crippen molar-refractivity contribution >= 4 is 17.7 Å². The minimum atomic E-state index is -0.213. The smallest absolute Gasteiger partial charge is 0.277 e. The van der Waals surface area contributed by atoms with E-state index >= 15 is 0 Å². The van der Waals surface area contributed by atoms with Crippen molar-refractivity contribution in [3.8, 4) is 11.5 Å². The van der Waals surface area contributed by atoms with E-state index in [2.05, 4.69) is 43.1 Å². The lowest BCUT2D eigenvalue weighted by Gasteiger charge is -2.18. The van der Waals surface area contributed by atoms with E-state index in [1.807, 2.05) is 24.0 Å². The summed E-state index contributed by atoms with van der Waals surface area (Å²) in [6, 6.07) is 8.18. The second kappa shape index (κ2) is 7.20. The summed E-state index contributed by atoms with van der Waals surface area (Å²) < 4.78 is 5.75. The van der Waals surface area contributed by atoms with E-state index in [9.17, 15) is 4.79 Å². The molecule has 0 saturated carbocycles. The van der Waals surface area contributed by atoms with Crippen LogP contribution in [0, 0.1) is 0 Å². The number of nitrogens with zero attached hydrogens (tertiary/aromatic N) is 3. The third-order valence-electron chi connectivity index (χ3n) is 4.45. The van der Waals surface area contributed by atoms with E-state index in [1.165, 1.54) is 17.3 Å². The minimum Gasteiger partial charge on any atom is -0.411 e. The summed E-state index contributed by atoms with van der Waals surface area (Å²) in [4.78, 5) is 14.3. The zero-order chi connectivity index (χ0) is 18.0. The molecule has 0 spiro atoms. The lowest BCUT2D eigenvalue weighted by Crippen LogP contribution is -2.34. The Morgan fingerprint density at radius 1 is 1.16 bits per heavy atom. The number of amides is 1. The van der Waals surface area contributed by atoms with Crippen molar-refractivity contribution < 1.29 is 9.21 Å². The number of rotatable bonds is 4. The molecule has 1 atom stereocenters. The summed E-state index contributed by atoms with van der Waals surface area (Å²) in [5, 5.41) is 8.44. The van der Waals surface area contributed by atoms with Crippen molar-refractivity contribution in [2.45, 2.75) is 56.4 Å². The number of hydrogen-bond acceptors (Lipinski definition) is 5. The molecule has 2 heterocycles. The monoisotopic (exact) mass is 359 g/mol. The lowest BCUT2D eigenvalue weighted by atomic mass is 9.87. The van der Waals surface area contributed by atoms with Gasteiger partial charge in [-0.25, -0.2) is 0 Å². The molecule has 1 amide bonds. The molecule has 1 unspecified atom stereocenters. The normalized spacial score (nSPS) is 16.2. The first-order valence-corrected chi connectivity index (χ1v) is 9.62. The van der Waals surface area contributed by atoms with Crippen molar-refractivity contribution in [2.75, 3.05) is 13.1 Å². The Labute approximate surface area is 153 Å². The molecule has 0 N–H and O–H groups in total. The van der Waals surface area contributed by atoms with Crippen molar-refractivity contribution in [1.29, 1.82) is 0 Å². The van der Waals surface area contributed by atoms with Crippen LogP contribution in [0.15, 0.2) is 33.9 Å². The van der Waals surface area contributed by atoms with Crippen molar-refractivity contribution in [2.24, 2.45) is 0 Å². The lowest BCUT2D eigenvalue weighted by molar-refractivity contribution is -0.129. The van der Waals surface area contributed by atoms with Gasteiger partial charge in [-0.2, -0.15) is 0 Å². The van der Waals surface area contributed by atoms with Gasteiger partial charge in [0.2, 0.25) is 11.8 Å². The number of benzene rings is 1. The van der Waals surface area contributed by atoms with Crippen LogP contribution in [-0.4, -0.2) is 39.3 Å². The first kappa shape index (κ1) is 18.0. The zero-order valence-corrected chi connectivity index (χ0v) is 16.1. The first-order chi connectivity index (χ1) is 11.8. The van der Waals surface area contributed by atoms with E-state index < -0.39 is 0 Å². The van der Waals surface area contributed by atoms with Gasteiger partial charge in [-0.1, -0.05) is 44.7 Å². The second-order valence-electron chi connectivity index (χ2n) is 7.49. The highest BCUT2D eigenvalue weighted by Crippen LogP contribution is 2.29. The summed E-state index contributed by atoms with van der Waals surface area (Å²) >= 11 is 1.33. The first-order valence-electron chi connectivity index (χ1n) is 8.74. The molecule has 1 aliphatic rings. The summed E-state index contributed by atoms with van der Waals surface area (Å²) in [7, 11) is 0. The summed E-state index contributed by atoms with van der Waals surface area (Å²) in [5.74, 6) is 0.639. The van der Waals surface area contributed by atoms with Crippen LogP contribution >= 0.6 is 11.8 Å². The molecular weight excluding hydrogens is 334 g/mol. The predicted molar refractivity (Wildman–Crippen MR) is 99.6 cm³/mol. The molecule has 2 aromatic rings. The molecule has 6 heteroatoms. The molecular formula is C19H25N3O2S. The zero-order valence-electron chi connectivity index (χ0n) is 15.3. The van der Waals surface area contributed by atoms with Gasteiger partial charge in [-0.15, -0.1) is 10.2 Å². The Balaban J connectivity index is 1.66. The highest BCUT2D eigenvalue weighted by atomic mass is 32.2. The molecule has 3 rings (SSSR count). The van der Waals surface area contributed by atoms with Gasteiger partial charge in [-0.05, 0) is 42.9 Å². The van der Waals surface area contributed by atoms with Gasteiger partial charge in [0.1, 0.15) is 0 Å². The summed E-state index contributed by atoms with van der Waals surface area (Å²) in [5.41, 5.74) is 2.26. The third-order valence-corrected chi connectivity index (χ3v) is 5.37. The van der Waals surface area contributed by atoms with E-state index in [0.717, 1.165) is 31.5 Å². The van der Waals surface area contributed by atoms with Crippen LogP contribution in [0.1, 0.15) is 46.1 Å². The molecule has 0 radical (unpaired) electrons. The second-order valence-corrected chi connectivity index (χ2v) is 8.78. The van der Waals surface area contributed by atoms with E-state index in [4.69, 9.17) is 4.42 Å². The maximum absolute atomic E-state index is 12.4. The molecule has 1 aliphatic heterocycles. The van der Waals surface area contributed by atoms with Crippen LogP contribution in [-0.2, 0) is 10.2 Å². The molecule has 1 saturated heterocycles.